The third-order valence-electron chi connectivity index (χ3n) is 1.35. The minimum atomic E-state index is -4.16. The lowest BCUT2D eigenvalue weighted by Crippen LogP contribution is -2.07. The number of ether oxygens (including phenoxy) is 1. The Labute approximate surface area is 75.9 Å². The first-order chi connectivity index (χ1) is 6.04. The summed E-state index contributed by atoms with van der Waals surface area (Å²) in [6.07, 6.45) is 0. The van der Waals surface area contributed by atoms with Gasteiger partial charge in [-0.2, -0.15) is 8.42 Å². The predicted octanol–water partition coefficient (Wildman–Crippen LogP) is 0.228. The highest BCUT2D eigenvalue weighted by Crippen LogP contribution is 2.16. The molecule has 0 aliphatic heterocycles. The van der Waals surface area contributed by atoms with Crippen LogP contribution in [0.5, 0.6) is 5.75 Å². The first-order valence-electron chi connectivity index (χ1n) is 3.44. The second-order valence-corrected chi connectivity index (χ2v) is 3.68. The van der Waals surface area contributed by atoms with E-state index in [1.165, 1.54) is 18.2 Å². The molecule has 13 heavy (non-hydrogen) atoms. The van der Waals surface area contributed by atoms with Crippen LogP contribution in [0.25, 0.3) is 0 Å². The quantitative estimate of drug-likeness (QED) is 0.542. The Balaban J connectivity index is 3.06. The molecular weight excluding hydrogens is 194 g/mol. The van der Waals surface area contributed by atoms with Gasteiger partial charge in [0.25, 0.3) is 10.1 Å². The summed E-state index contributed by atoms with van der Waals surface area (Å²) in [5.74, 6) is 0.303. The maximum absolute atomic E-state index is 10.7. The fourth-order valence-electron chi connectivity index (χ4n) is 0.821. The zero-order chi connectivity index (χ0) is 9.90. The highest BCUT2D eigenvalue weighted by molar-refractivity contribution is 7.85. The molecular formula is C7H9NO4S. The van der Waals surface area contributed by atoms with E-state index in [9.17, 15) is 8.42 Å². The van der Waals surface area contributed by atoms with Crippen molar-refractivity contribution in [3.63, 3.8) is 0 Å². The molecule has 6 heteroatoms. The van der Waals surface area contributed by atoms with Gasteiger partial charge >= 0.3 is 0 Å². The van der Waals surface area contributed by atoms with Crippen molar-refractivity contribution < 1.29 is 17.7 Å². The molecule has 1 aromatic rings. The van der Waals surface area contributed by atoms with Crippen LogP contribution >= 0.6 is 0 Å². The zero-order valence-corrected chi connectivity index (χ0v) is 7.49. The lowest BCUT2D eigenvalue weighted by Gasteiger charge is -2.03. The van der Waals surface area contributed by atoms with Gasteiger partial charge in [0.05, 0.1) is 4.90 Å². The molecule has 0 saturated heterocycles. The van der Waals surface area contributed by atoms with E-state index in [-0.39, 0.29) is 11.6 Å². The van der Waals surface area contributed by atoms with Crippen molar-refractivity contribution in [1.82, 2.24) is 0 Å². The standard InChI is InChI=1S/C7H9NO4S/c8-5-12-6-2-1-3-7(4-6)13(9,10)11/h1-4H,5,8H2,(H,9,10,11). The zero-order valence-electron chi connectivity index (χ0n) is 6.67. The van der Waals surface area contributed by atoms with Gasteiger partial charge in [0.1, 0.15) is 12.5 Å². The van der Waals surface area contributed by atoms with E-state index in [4.69, 9.17) is 15.0 Å². The van der Waals surface area contributed by atoms with Gasteiger partial charge in [-0.05, 0) is 12.1 Å². The van der Waals surface area contributed by atoms with Crippen LogP contribution < -0.4 is 10.5 Å². The van der Waals surface area contributed by atoms with Gasteiger partial charge in [-0.1, -0.05) is 6.07 Å². The summed E-state index contributed by atoms with van der Waals surface area (Å²) in [6, 6.07) is 5.45. The van der Waals surface area contributed by atoms with Crippen LogP contribution in [0.1, 0.15) is 0 Å². The van der Waals surface area contributed by atoms with Crippen LogP contribution in [0, 0.1) is 0 Å². The lowest BCUT2D eigenvalue weighted by atomic mass is 10.3. The number of hydrogen-bond acceptors (Lipinski definition) is 4. The summed E-state index contributed by atoms with van der Waals surface area (Å²) in [5, 5.41) is 0. The van der Waals surface area contributed by atoms with Crippen molar-refractivity contribution >= 4 is 10.1 Å². The van der Waals surface area contributed by atoms with Gasteiger partial charge in [-0.25, -0.2) is 0 Å². The van der Waals surface area contributed by atoms with Crippen LogP contribution in [-0.2, 0) is 10.1 Å². The van der Waals surface area contributed by atoms with E-state index >= 15 is 0 Å². The second-order valence-electron chi connectivity index (χ2n) is 2.26. The largest absolute Gasteiger partial charge is 0.479 e. The molecule has 0 spiro atoms. The van der Waals surface area contributed by atoms with Crippen LogP contribution in [0.15, 0.2) is 29.2 Å². The maximum atomic E-state index is 10.7. The molecule has 72 valence electrons. The first-order valence-corrected chi connectivity index (χ1v) is 4.88. The van der Waals surface area contributed by atoms with Crippen molar-refractivity contribution in [1.29, 1.82) is 0 Å². The molecule has 0 amide bonds. The van der Waals surface area contributed by atoms with Crippen LogP contribution in [0.4, 0.5) is 0 Å². The fraction of sp³-hybridized carbons (Fsp3) is 0.143. The predicted molar refractivity (Wildman–Crippen MR) is 45.9 cm³/mol. The Morgan fingerprint density at radius 2 is 2.15 bits per heavy atom. The number of benzene rings is 1. The molecule has 0 heterocycles. The minimum Gasteiger partial charge on any atom is -0.479 e. The average Bonchev–Trinajstić information content (AvgIpc) is 2.04. The maximum Gasteiger partial charge on any atom is 0.294 e. The second kappa shape index (κ2) is 3.73. The van der Waals surface area contributed by atoms with E-state index in [2.05, 4.69) is 0 Å². The van der Waals surface area contributed by atoms with E-state index in [1.54, 1.807) is 6.07 Å². The highest BCUT2D eigenvalue weighted by Gasteiger charge is 2.09. The Bertz CT molecular complexity index is 387. The highest BCUT2D eigenvalue weighted by atomic mass is 32.2. The van der Waals surface area contributed by atoms with Crippen molar-refractivity contribution in [2.24, 2.45) is 5.73 Å². The van der Waals surface area contributed by atoms with Crippen molar-refractivity contribution in [3.8, 4) is 5.75 Å². The summed E-state index contributed by atoms with van der Waals surface area (Å²) in [4.78, 5) is -0.210. The summed E-state index contributed by atoms with van der Waals surface area (Å²) in [6.45, 7) is -0.0467. The van der Waals surface area contributed by atoms with Crippen LogP contribution in [0.2, 0.25) is 0 Å². The number of nitrogens with two attached hydrogens (primary N) is 1. The molecule has 0 atom stereocenters. The molecule has 1 aromatic carbocycles. The van der Waals surface area contributed by atoms with E-state index < -0.39 is 10.1 Å². The van der Waals surface area contributed by atoms with Gasteiger partial charge in [0.2, 0.25) is 0 Å². The molecule has 0 aliphatic carbocycles. The molecule has 0 radical (unpaired) electrons. The van der Waals surface area contributed by atoms with Crippen molar-refractivity contribution in [2.45, 2.75) is 4.90 Å². The summed E-state index contributed by atoms with van der Waals surface area (Å²) in [7, 11) is -4.16. The smallest absolute Gasteiger partial charge is 0.294 e. The number of hydrogen-bond donors (Lipinski definition) is 2. The summed E-state index contributed by atoms with van der Waals surface area (Å²) >= 11 is 0. The number of rotatable bonds is 3. The average molecular weight is 203 g/mol. The van der Waals surface area contributed by atoms with Gasteiger partial charge in [-0.3, -0.25) is 10.3 Å². The molecule has 0 unspecified atom stereocenters. The molecule has 5 nitrogen and oxygen atoms in total. The first kappa shape index (κ1) is 9.97. The molecule has 0 aromatic heterocycles. The Kier molecular flexibility index (Phi) is 2.86. The minimum absolute atomic E-state index is 0.0467. The Hall–Kier alpha value is -1.11. The molecule has 0 bridgehead atoms. The molecule has 0 aliphatic rings. The van der Waals surface area contributed by atoms with Crippen molar-refractivity contribution in [2.75, 3.05) is 6.73 Å². The van der Waals surface area contributed by atoms with E-state index in [0.29, 0.717) is 5.75 Å². The van der Waals surface area contributed by atoms with E-state index in [1.807, 2.05) is 0 Å². The molecule has 1 rings (SSSR count). The normalized spacial score (nSPS) is 11.2. The molecule has 3 N–H and O–H groups in total. The topological polar surface area (TPSA) is 89.6 Å². The van der Waals surface area contributed by atoms with Gasteiger partial charge in [-0.15, -0.1) is 0 Å². The fourth-order valence-corrected chi connectivity index (χ4v) is 1.34. The Morgan fingerprint density at radius 1 is 1.46 bits per heavy atom. The van der Waals surface area contributed by atoms with Crippen LogP contribution in [0.3, 0.4) is 0 Å². The van der Waals surface area contributed by atoms with Crippen molar-refractivity contribution in [3.05, 3.63) is 24.3 Å². The summed E-state index contributed by atoms with van der Waals surface area (Å²) < 4.78 is 34.8. The lowest BCUT2D eigenvalue weighted by molar-refractivity contribution is 0.328. The van der Waals surface area contributed by atoms with Gasteiger partial charge in [0, 0.05) is 6.07 Å². The third-order valence-corrected chi connectivity index (χ3v) is 2.20. The van der Waals surface area contributed by atoms with Crippen LogP contribution in [-0.4, -0.2) is 19.7 Å². The Morgan fingerprint density at radius 3 is 2.69 bits per heavy atom. The monoisotopic (exact) mass is 203 g/mol. The van der Waals surface area contributed by atoms with Gasteiger partial charge < -0.3 is 4.74 Å². The SMILES string of the molecule is NCOc1cccc(S(=O)(=O)O)c1. The molecule has 0 fully saturated rings. The summed E-state index contributed by atoms with van der Waals surface area (Å²) in [5.41, 5.74) is 5.09. The van der Waals surface area contributed by atoms with E-state index in [0.717, 1.165) is 0 Å². The molecule has 0 saturated carbocycles. The van der Waals surface area contributed by atoms with Gasteiger partial charge in [0.15, 0.2) is 0 Å². The third kappa shape index (κ3) is 2.69.